The van der Waals surface area contributed by atoms with Crippen molar-refractivity contribution in [3.05, 3.63) is 52.8 Å². The average molecular weight is 300 g/mol. The summed E-state index contributed by atoms with van der Waals surface area (Å²) in [5.41, 5.74) is -1.10. The Labute approximate surface area is 118 Å². The van der Waals surface area contributed by atoms with Crippen LogP contribution in [0.15, 0.2) is 18.2 Å². The lowest BCUT2D eigenvalue weighted by atomic mass is 9.61. The third-order valence-corrected chi connectivity index (χ3v) is 3.26. The van der Waals surface area contributed by atoms with Gasteiger partial charge < -0.3 is 4.74 Å². The summed E-state index contributed by atoms with van der Waals surface area (Å²) < 4.78 is 72.7. The fourth-order valence-corrected chi connectivity index (χ4v) is 2.04. The van der Waals surface area contributed by atoms with Crippen LogP contribution in [0.2, 0.25) is 0 Å². The Morgan fingerprint density at radius 3 is 2.14 bits per heavy atom. The molecule has 0 aliphatic rings. The van der Waals surface area contributed by atoms with Crippen LogP contribution >= 0.6 is 0 Å². The molecule has 0 unspecified atom stereocenters. The zero-order chi connectivity index (χ0) is 15.7. The van der Waals surface area contributed by atoms with Crippen LogP contribution in [-0.2, 0) is 0 Å². The molecular formula is C14H10BF5O. The molecule has 0 radical (unpaired) electrons. The summed E-state index contributed by atoms with van der Waals surface area (Å²) in [5, 5.41) is 0. The molecule has 21 heavy (non-hydrogen) atoms. The van der Waals surface area contributed by atoms with Gasteiger partial charge in [-0.05, 0) is 35.5 Å². The maximum atomic E-state index is 14.0. The van der Waals surface area contributed by atoms with Crippen LogP contribution in [0.25, 0.3) is 0 Å². The maximum Gasteiger partial charge on any atom is 0.204 e. The van der Waals surface area contributed by atoms with E-state index in [9.17, 15) is 22.0 Å². The van der Waals surface area contributed by atoms with E-state index in [4.69, 9.17) is 4.74 Å². The third kappa shape index (κ3) is 2.72. The monoisotopic (exact) mass is 300 g/mol. The molecule has 0 saturated carbocycles. The molecule has 0 bridgehead atoms. The highest BCUT2D eigenvalue weighted by molar-refractivity contribution is 6.68. The Morgan fingerprint density at radius 2 is 1.52 bits per heavy atom. The highest BCUT2D eigenvalue weighted by Crippen LogP contribution is 2.16. The number of hydrogen-bond donors (Lipinski definition) is 0. The molecule has 0 N–H and O–H groups in total. The van der Waals surface area contributed by atoms with Crippen molar-refractivity contribution in [2.45, 2.75) is 6.92 Å². The van der Waals surface area contributed by atoms with Crippen molar-refractivity contribution in [1.29, 1.82) is 0 Å². The lowest BCUT2D eigenvalue weighted by Gasteiger charge is -2.11. The molecule has 2 aromatic rings. The molecule has 0 saturated heterocycles. The molecule has 0 aliphatic carbocycles. The Bertz CT molecular complexity index is 702. The van der Waals surface area contributed by atoms with E-state index in [0.717, 1.165) is 19.1 Å². The number of methoxy groups -OCH3 is 1. The topological polar surface area (TPSA) is 9.23 Å². The molecule has 0 spiro atoms. The second-order valence-electron chi connectivity index (χ2n) is 4.48. The van der Waals surface area contributed by atoms with Crippen LogP contribution in [0.1, 0.15) is 5.56 Å². The van der Waals surface area contributed by atoms with E-state index < -0.39 is 41.8 Å². The molecule has 0 amide bonds. The highest BCUT2D eigenvalue weighted by atomic mass is 19.2. The van der Waals surface area contributed by atoms with Gasteiger partial charge >= 0.3 is 0 Å². The molecular weight excluding hydrogens is 290 g/mol. The maximum absolute atomic E-state index is 14.0. The fourth-order valence-electron chi connectivity index (χ4n) is 2.04. The summed E-state index contributed by atoms with van der Waals surface area (Å²) in [7, 11) is 0.646. The van der Waals surface area contributed by atoms with E-state index in [0.29, 0.717) is 6.07 Å². The van der Waals surface area contributed by atoms with Gasteiger partial charge in [0.05, 0.1) is 7.11 Å². The molecule has 2 aromatic carbocycles. The summed E-state index contributed by atoms with van der Waals surface area (Å²) >= 11 is 0. The van der Waals surface area contributed by atoms with Gasteiger partial charge in [-0.2, -0.15) is 0 Å². The molecule has 0 aromatic heterocycles. The summed E-state index contributed by atoms with van der Waals surface area (Å²) in [6, 6.07) is 2.40. The summed E-state index contributed by atoms with van der Waals surface area (Å²) in [6.45, 7) is 1.15. The molecule has 2 rings (SSSR count). The van der Waals surface area contributed by atoms with Gasteiger partial charge in [0.15, 0.2) is 23.2 Å². The number of benzene rings is 2. The lowest BCUT2D eigenvalue weighted by molar-refractivity contribution is 0.386. The van der Waals surface area contributed by atoms with Crippen molar-refractivity contribution in [1.82, 2.24) is 0 Å². The Balaban J connectivity index is 2.56. The van der Waals surface area contributed by atoms with Crippen molar-refractivity contribution >= 4 is 18.2 Å². The van der Waals surface area contributed by atoms with Crippen molar-refractivity contribution in [2.75, 3.05) is 7.11 Å². The molecule has 110 valence electrons. The van der Waals surface area contributed by atoms with Gasteiger partial charge in [-0.15, -0.1) is 0 Å². The number of ether oxygens (including phenoxy) is 1. The van der Waals surface area contributed by atoms with Crippen LogP contribution in [0.4, 0.5) is 22.0 Å². The fraction of sp³-hybridized carbons (Fsp3) is 0.143. The zero-order valence-electron chi connectivity index (χ0n) is 11.2. The van der Waals surface area contributed by atoms with Crippen LogP contribution in [0.5, 0.6) is 5.75 Å². The van der Waals surface area contributed by atoms with Gasteiger partial charge in [0.1, 0.15) is 11.6 Å². The lowest BCUT2D eigenvalue weighted by Crippen LogP contribution is -2.37. The normalized spacial score (nSPS) is 10.6. The van der Waals surface area contributed by atoms with Crippen LogP contribution in [0, 0.1) is 36.0 Å². The van der Waals surface area contributed by atoms with Crippen molar-refractivity contribution < 1.29 is 26.7 Å². The van der Waals surface area contributed by atoms with E-state index in [1.54, 1.807) is 0 Å². The molecule has 1 nitrogen and oxygen atoms in total. The van der Waals surface area contributed by atoms with Crippen molar-refractivity contribution in [3.8, 4) is 5.75 Å². The van der Waals surface area contributed by atoms with Gasteiger partial charge in [0.2, 0.25) is 7.28 Å². The average Bonchev–Trinajstić information content (AvgIpc) is 2.44. The molecule has 0 atom stereocenters. The molecule has 0 fully saturated rings. The van der Waals surface area contributed by atoms with E-state index in [-0.39, 0.29) is 16.8 Å². The Morgan fingerprint density at radius 1 is 0.857 bits per heavy atom. The number of halogens is 5. The first-order valence-corrected chi connectivity index (χ1v) is 6.00. The molecule has 0 aliphatic heterocycles. The SMILES string of the molecule is COc1ccc(F)c(Bc2c(F)cc(F)c(F)c2C)c1F. The van der Waals surface area contributed by atoms with Crippen LogP contribution in [-0.4, -0.2) is 14.4 Å². The van der Waals surface area contributed by atoms with E-state index >= 15 is 0 Å². The van der Waals surface area contributed by atoms with Crippen LogP contribution in [0.3, 0.4) is 0 Å². The Kier molecular flexibility index (Phi) is 4.20. The van der Waals surface area contributed by atoms with E-state index in [1.165, 1.54) is 7.11 Å². The highest BCUT2D eigenvalue weighted by Gasteiger charge is 2.21. The summed E-state index contributed by atoms with van der Waals surface area (Å²) in [4.78, 5) is 0. The minimum absolute atomic E-state index is 0.216. The first-order chi connectivity index (χ1) is 9.86. The molecule has 0 heterocycles. The van der Waals surface area contributed by atoms with Gasteiger partial charge in [-0.1, -0.05) is 0 Å². The quantitative estimate of drug-likeness (QED) is 0.479. The predicted molar refractivity (Wildman–Crippen MR) is 70.4 cm³/mol. The van der Waals surface area contributed by atoms with Gasteiger partial charge in [-0.25, -0.2) is 22.0 Å². The zero-order valence-corrected chi connectivity index (χ0v) is 11.2. The van der Waals surface area contributed by atoms with Gasteiger partial charge in [-0.3, -0.25) is 0 Å². The van der Waals surface area contributed by atoms with Gasteiger partial charge in [0.25, 0.3) is 0 Å². The second kappa shape index (κ2) is 5.75. The van der Waals surface area contributed by atoms with Gasteiger partial charge in [0, 0.05) is 6.07 Å². The largest absolute Gasteiger partial charge is 0.494 e. The second-order valence-corrected chi connectivity index (χ2v) is 4.48. The summed E-state index contributed by atoms with van der Waals surface area (Å²) in [5.74, 6) is -5.78. The smallest absolute Gasteiger partial charge is 0.204 e. The molecule has 7 heteroatoms. The van der Waals surface area contributed by atoms with E-state index in [2.05, 4.69) is 0 Å². The van der Waals surface area contributed by atoms with Crippen molar-refractivity contribution in [3.63, 3.8) is 0 Å². The number of rotatable bonds is 3. The van der Waals surface area contributed by atoms with Crippen molar-refractivity contribution in [2.24, 2.45) is 0 Å². The predicted octanol–water partition coefficient (Wildman–Crippen LogP) is 2.09. The first-order valence-electron chi connectivity index (χ1n) is 6.00. The Hall–Kier alpha value is -2.05. The van der Waals surface area contributed by atoms with Crippen LogP contribution < -0.4 is 15.7 Å². The number of hydrogen-bond acceptors (Lipinski definition) is 1. The van der Waals surface area contributed by atoms with E-state index in [1.807, 2.05) is 0 Å². The minimum Gasteiger partial charge on any atom is -0.494 e. The standard InChI is InChI=1S/C14H10BF5O/c1-6-11(8(17)5-9(18)13(6)19)15-12-7(16)3-4-10(21-2)14(12)20/h3-5,15H,1-2H3. The summed E-state index contributed by atoms with van der Waals surface area (Å²) in [6.07, 6.45) is 0. The third-order valence-electron chi connectivity index (χ3n) is 3.26. The minimum atomic E-state index is -1.35. The first kappa shape index (κ1) is 15.3.